The normalized spacial score (nSPS) is 12.0. The van der Waals surface area contributed by atoms with Crippen LogP contribution in [0.2, 0.25) is 0 Å². The minimum Gasteiger partial charge on any atom is -0.543 e. The number of terminal acetylenes is 5. The van der Waals surface area contributed by atoms with Crippen molar-refractivity contribution in [3.05, 3.63) is 122 Å². The molecule has 0 unspecified atom stereocenters. The number of aliphatic carboxylic acids is 1. The van der Waals surface area contributed by atoms with E-state index in [9.17, 15) is 65.5 Å². The summed E-state index contributed by atoms with van der Waals surface area (Å²) in [5.74, 6) is 7.69. The molecule has 4 aliphatic rings. The quantitative estimate of drug-likeness (QED) is 0.0218. The smallest absolute Gasteiger partial charge is 0.543 e. The molecule has 0 aromatic carbocycles. The number of hydrogen-bond acceptors (Lipinski definition) is 26. The van der Waals surface area contributed by atoms with E-state index in [0.29, 0.717) is 101 Å². The Balaban J connectivity index is -0.00000137. The molecule has 0 fully saturated rings. The van der Waals surface area contributed by atoms with Crippen molar-refractivity contribution in [2.75, 3.05) is 44.7 Å². The molecule has 0 saturated heterocycles. The molecule has 4 aliphatic heterocycles. The topological polar surface area (TPSA) is 414 Å². The van der Waals surface area contributed by atoms with Gasteiger partial charge in [0.15, 0.2) is 18.6 Å². The fourth-order valence-corrected chi connectivity index (χ4v) is 8.97. The molecule has 4 aromatic rings. The van der Waals surface area contributed by atoms with Crippen molar-refractivity contribution < 1.29 is 143 Å². The molecule has 6 amide bonds. The largest absolute Gasteiger partial charge is 1.00 e. The first-order valence-corrected chi connectivity index (χ1v) is 38.9. The van der Waals surface area contributed by atoms with Gasteiger partial charge in [0.05, 0.1) is 76.6 Å². The predicted octanol–water partition coefficient (Wildman–Crippen LogP) is 10.2. The molecule has 39 heteroatoms. The van der Waals surface area contributed by atoms with Gasteiger partial charge >= 0.3 is 83.4 Å². The molecule has 4 aromatic heterocycles. The SMILES string of the molecule is C#CCBr.C#CCN.C#CCN(CC#C)C(=O)OC(C)(C)C.C#CCNC(=O)OC(C)(C)C.CC(C)(C)OC(=O)N1Cc2cnc(C=C(F)F)cc2C1.CC(C)(C)OC(=O)N1Cc2cnc(C=O)cc2C1.CC(C)(C)OC(=O)N1Cc2cnc(C=O)cc2C1.CCOC(=O)C#N.CCOC(=O)c1cc2c(cn1)CN(C(=O)OC(C)(C)C)C2.O=C([O-])C(F)(F)Cl.[Na+]. The van der Waals surface area contributed by atoms with E-state index in [1.807, 2.05) is 62.3 Å². The van der Waals surface area contributed by atoms with E-state index in [-0.39, 0.29) is 85.5 Å². The molecule has 3 N–H and O–H groups in total. The number of halogens is 6. The fourth-order valence-electron chi connectivity index (χ4n) is 8.97. The van der Waals surface area contributed by atoms with Gasteiger partial charge in [0.2, 0.25) is 0 Å². The molecule has 0 radical (unpaired) electrons. The number of aldehydes is 2. The summed E-state index contributed by atoms with van der Waals surface area (Å²) in [5, 5.41) is 15.6. The van der Waals surface area contributed by atoms with E-state index in [2.05, 4.69) is 93.5 Å². The number of pyridine rings is 4. The Morgan fingerprint density at radius 2 is 0.816 bits per heavy atom. The van der Waals surface area contributed by atoms with Crippen LogP contribution in [0.1, 0.15) is 220 Å². The summed E-state index contributed by atoms with van der Waals surface area (Å²) in [6, 6.07) is 7.98. The van der Waals surface area contributed by atoms with E-state index in [1.54, 1.807) is 134 Å². The summed E-state index contributed by atoms with van der Waals surface area (Å²) in [6.07, 6.45) is 28.8. The van der Waals surface area contributed by atoms with E-state index < -0.39 is 81.3 Å². The Morgan fingerprint density at radius 1 is 0.520 bits per heavy atom. The number of carbonyl (C=O) groups is 11. The van der Waals surface area contributed by atoms with Crippen molar-refractivity contribution in [2.45, 2.75) is 230 Å². The number of nitriles is 1. The van der Waals surface area contributed by atoms with Gasteiger partial charge in [0.25, 0.3) is 6.08 Å². The molecule has 0 atom stereocenters. The molecule has 0 saturated carbocycles. The molecule has 676 valence electrons. The van der Waals surface area contributed by atoms with Crippen molar-refractivity contribution in [3.8, 4) is 67.8 Å². The van der Waals surface area contributed by atoms with Crippen LogP contribution in [0.25, 0.3) is 6.08 Å². The molecule has 0 bridgehead atoms. The number of fused-ring (bicyclic) bond motifs is 4. The van der Waals surface area contributed by atoms with Gasteiger partial charge in [-0.15, -0.1) is 32.1 Å². The maximum absolute atomic E-state index is 12.2. The van der Waals surface area contributed by atoms with Crippen molar-refractivity contribution in [1.29, 1.82) is 5.26 Å². The van der Waals surface area contributed by atoms with Crippen molar-refractivity contribution >= 4 is 101 Å². The first-order valence-electron chi connectivity index (χ1n) is 37.4. The van der Waals surface area contributed by atoms with Crippen molar-refractivity contribution in [2.24, 2.45) is 5.73 Å². The summed E-state index contributed by atoms with van der Waals surface area (Å²) < 4.78 is 86.6. The molecule has 8 rings (SSSR count). The average molecular weight is 1850 g/mol. The predicted molar refractivity (Wildman–Crippen MR) is 453 cm³/mol. The monoisotopic (exact) mass is 1840 g/mol. The Labute approximate surface area is 764 Å². The van der Waals surface area contributed by atoms with Crippen LogP contribution in [0.5, 0.6) is 0 Å². The first kappa shape index (κ1) is 118. The Morgan fingerprint density at radius 3 is 1.06 bits per heavy atom. The van der Waals surface area contributed by atoms with Gasteiger partial charge in [-0.2, -0.15) is 22.8 Å². The van der Waals surface area contributed by atoms with Gasteiger partial charge in [0.1, 0.15) is 56.7 Å². The van der Waals surface area contributed by atoms with Crippen LogP contribution in [0.4, 0.5) is 46.3 Å². The number of esters is 2. The van der Waals surface area contributed by atoms with Gasteiger partial charge in [-0.1, -0.05) is 45.5 Å². The summed E-state index contributed by atoms with van der Waals surface area (Å²) >= 11 is 6.88. The molecule has 0 spiro atoms. The maximum Gasteiger partial charge on any atom is 1.00 e. The van der Waals surface area contributed by atoms with Gasteiger partial charge in [-0.3, -0.25) is 49.0 Å². The van der Waals surface area contributed by atoms with Crippen molar-refractivity contribution in [3.63, 3.8) is 0 Å². The van der Waals surface area contributed by atoms with Gasteiger partial charge < -0.3 is 58.8 Å². The van der Waals surface area contributed by atoms with Crippen LogP contribution in [-0.4, -0.2) is 195 Å². The number of nitrogens with two attached hydrogens (primary N) is 1. The number of ether oxygens (including phenoxy) is 8. The number of nitrogens with one attached hydrogen (secondary N) is 1. The van der Waals surface area contributed by atoms with E-state index in [4.69, 9.17) is 79.7 Å². The molecule has 0 aliphatic carbocycles. The number of amides is 6. The Hall–Kier alpha value is -11.6. The third kappa shape index (κ3) is 53.3. The second-order valence-corrected chi connectivity index (χ2v) is 32.4. The van der Waals surface area contributed by atoms with Gasteiger partial charge in [-0.25, -0.2) is 43.3 Å². The zero-order valence-electron chi connectivity index (χ0n) is 74.3. The van der Waals surface area contributed by atoms with Crippen LogP contribution in [-0.2, 0) is 99.8 Å². The number of carboxylic acid groups (broad SMARTS) is 1. The average Bonchev–Trinajstić information content (AvgIpc) is 1.69. The minimum atomic E-state index is -4.22. The Kier molecular flexibility index (Phi) is 53.7. The van der Waals surface area contributed by atoms with Crippen LogP contribution < -0.4 is 45.7 Å². The number of carboxylic acids is 1. The third-order valence-electron chi connectivity index (χ3n) is 13.6. The molecule has 125 heavy (non-hydrogen) atoms. The number of alkyl halides is 4. The summed E-state index contributed by atoms with van der Waals surface area (Å²) in [7, 11) is 0. The van der Waals surface area contributed by atoms with Gasteiger partial charge in [-0.05, 0) is 219 Å². The van der Waals surface area contributed by atoms with Crippen LogP contribution >= 0.6 is 27.5 Å². The molecule has 32 nitrogen and oxygen atoms in total. The summed E-state index contributed by atoms with van der Waals surface area (Å²) in [6.45, 7) is 41.0. The number of hydrogen-bond donors (Lipinski definition) is 2. The van der Waals surface area contributed by atoms with Crippen LogP contribution in [0.3, 0.4) is 0 Å². The number of nitrogens with zero attached hydrogens (tertiary/aromatic N) is 10. The number of aromatic nitrogens is 4. The minimum absolute atomic E-state index is 0. The van der Waals surface area contributed by atoms with E-state index in [1.165, 1.54) is 22.1 Å². The van der Waals surface area contributed by atoms with Crippen molar-refractivity contribution in [1.82, 2.24) is 49.8 Å². The van der Waals surface area contributed by atoms with E-state index >= 15 is 0 Å². The fraction of sp³-hybridized carbons (Fsp3) is 0.488. The summed E-state index contributed by atoms with van der Waals surface area (Å²) in [5.41, 5.74) is 10.3. The standard InChI is InChI=1S/C15H20N2O4.C14H16F2N2O2.2C13H16N2O3.C11H15NO2.C8H13NO2.C4H5NO2.C3H3Br.C3H5N.C2HClF2O2.Na/c1-5-20-13(18)12-6-10-8-17(9-11(10)7-16-12)14(19)21-15(2,3)4;1-14(2,3)20-13(19)18-7-9-4-11(5-12(15)16)17-6-10(9)8-18;2*1-13(2,3)18-12(17)15-6-9-4-11(8-16)14-5-10(9)7-15;1-6-8-12(9-7-2)10(13)14-11(3,4)5;1-5-6-9-7(10)11-8(2,3)4;1-2-7-4(6)3-5;2*1-2-3-4;3-2(4,5)1(6)7;/h6-7H,5,8-9H2,1-4H3;4-6H,7-8H2,1-3H3;2*4-5,8H,6-7H2,1-3H3;1-2H,8-9H2,3-5H3;1H,6H2,2-4H3,(H,9,10);2H2,1H3;1H,3H2;1H,3-4H2;(H,6,7);/q;;;;;;;;;;+1/p-1. The van der Waals surface area contributed by atoms with E-state index in [0.717, 1.165) is 44.5 Å². The zero-order chi connectivity index (χ0) is 95.9. The van der Waals surface area contributed by atoms with Gasteiger partial charge in [0, 0.05) is 57.0 Å². The summed E-state index contributed by atoms with van der Waals surface area (Å²) in [4.78, 5) is 145. The number of rotatable bonds is 10. The first-order chi connectivity index (χ1) is 57.3. The second-order valence-electron chi connectivity index (χ2n) is 31.4. The number of alkyl carbamates (subject to hydrolysis) is 1. The van der Waals surface area contributed by atoms with Crippen LogP contribution in [0, 0.1) is 73.1 Å². The van der Waals surface area contributed by atoms with Crippen LogP contribution in [0.15, 0.2) is 55.1 Å². The molecule has 8 heterocycles. The maximum atomic E-state index is 12.2. The number of carbonyl (C=O) groups excluding carboxylic acids is 11. The molecular formula is C86H109BrClF4N12NaO20. The zero-order valence-corrected chi connectivity index (χ0v) is 78.7. The second kappa shape index (κ2) is 57.1. The third-order valence-corrected chi connectivity index (χ3v) is 14.1. The Bertz CT molecular complexity index is 4440. The molecular weight excluding hydrogens is 1740 g/mol.